The SMILES string of the molecule is Nc1cccn(Cc2cnoc2)c1=O. The van der Waals surface area contributed by atoms with Crippen LogP contribution in [0, 0.1) is 0 Å². The summed E-state index contributed by atoms with van der Waals surface area (Å²) in [5.74, 6) is 0. The fraction of sp³-hybridized carbons (Fsp3) is 0.111. The van der Waals surface area contributed by atoms with Crippen LogP contribution in [0.5, 0.6) is 0 Å². The number of pyridine rings is 1. The molecular formula is C9H9N3O2. The third-order valence-corrected chi connectivity index (χ3v) is 1.89. The number of hydrogen-bond acceptors (Lipinski definition) is 4. The highest BCUT2D eigenvalue weighted by Gasteiger charge is 2.01. The minimum atomic E-state index is -0.200. The molecule has 0 aliphatic rings. The third kappa shape index (κ3) is 1.52. The van der Waals surface area contributed by atoms with E-state index in [1.165, 1.54) is 10.8 Å². The lowest BCUT2D eigenvalue weighted by atomic mass is 10.3. The van der Waals surface area contributed by atoms with Gasteiger partial charge in [-0.05, 0) is 12.1 Å². The summed E-state index contributed by atoms with van der Waals surface area (Å²) in [6.07, 6.45) is 4.73. The summed E-state index contributed by atoms with van der Waals surface area (Å²) in [5, 5.41) is 3.55. The molecule has 72 valence electrons. The predicted molar refractivity (Wildman–Crippen MR) is 50.7 cm³/mol. The van der Waals surface area contributed by atoms with Crippen LogP contribution < -0.4 is 11.3 Å². The van der Waals surface area contributed by atoms with Gasteiger partial charge in [0.2, 0.25) is 0 Å². The van der Waals surface area contributed by atoms with Crippen LogP contribution in [0.15, 0.2) is 40.1 Å². The van der Waals surface area contributed by atoms with Gasteiger partial charge in [0.1, 0.15) is 6.26 Å². The van der Waals surface area contributed by atoms with Crippen molar-refractivity contribution < 1.29 is 4.52 Å². The Bertz CT molecular complexity index is 473. The molecule has 0 bridgehead atoms. The summed E-state index contributed by atoms with van der Waals surface area (Å²) >= 11 is 0. The largest absolute Gasteiger partial charge is 0.394 e. The summed E-state index contributed by atoms with van der Waals surface area (Å²) < 4.78 is 6.16. The third-order valence-electron chi connectivity index (χ3n) is 1.89. The molecule has 0 aliphatic heterocycles. The Morgan fingerprint density at radius 2 is 2.43 bits per heavy atom. The van der Waals surface area contributed by atoms with Crippen molar-refractivity contribution in [3.8, 4) is 0 Å². The average molecular weight is 191 g/mol. The number of rotatable bonds is 2. The van der Waals surface area contributed by atoms with Gasteiger partial charge in [0.05, 0.1) is 18.4 Å². The van der Waals surface area contributed by atoms with E-state index in [1.54, 1.807) is 24.5 Å². The topological polar surface area (TPSA) is 74.1 Å². The molecule has 0 unspecified atom stereocenters. The number of nitrogens with zero attached hydrogens (tertiary/aromatic N) is 2. The van der Waals surface area contributed by atoms with Crippen LogP contribution >= 0.6 is 0 Å². The lowest BCUT2D eigenvalue weighted by Crippen LogP contribution is -2.22. The Kier molecular flexibility index (Phi) is 2.06. The van der Waals surface area contributed by atoms with Gasteiger partial charge in [-0.25, -0.2) is 0 Å². The van der Waals surface area contributed by atoms with Crippen LogP contribution in [-0.2, 0) is 6.54 Å². The smallest absolute Gasteiger partial charge is 0.273 e. The van der Waals surface area contributed by atoms with E-state index in [0.29, 0.717) is 6.54 Å². The van der Waals surface area contributed by atoms with Crippen LogP contribution in [0.3, 0.4) is 0 Å². The Hall–Kier alpha value is -2.04. The average Bonchev–Trinajstić information content (AvgIpc) is 2.66. The van der Waals surface area contributed by atoms with Crippen molar-refractivity contribution in [3.63, 3.8) is 0 Å². The van der Waals surface area contributed by atoms with Crippen molar-refractivity contribution in [2.75, 3.05) is 5.73 Å². The van der Waals surface area contributed by atoms with Gasteiger partial charge in [0, 0.05) is 11.8 Å². The fourth-order valence-electron chi connectivity index (χ4n) is 1.18. The van der Waals surface area contributed by atoms with Crippen LogP contribution in [0.25, 0.3) is 0 Å². The molecule has 0 saturated carbocycles. The maximum absolute atomic E-state index is 11.5. The summed E-state index contributed by atoms with van der Waals surface area (Å²) in [6, 6.07) is 3.30. The number of nitrogen functional groups attached to an aromatic ring is 1. The van der Waals surface area contributed by atoms with Gasteiger partial charge in [-0.3, -0.25) is 4.79 Å². The molecule has 0 radical (unpaired) electrons. The zero-order valence-corrected chi connectivity index (χ0v) is 7.38. The van der Waals surface area contributed by atoms with Crippen molar-refractivity contribution in [2.24, 2.45) is 0 Å². The van der Waals surface area contributed by atoms with Gasteiger partial charge in [0.25, 0.3) is 5.56 Å². The standard InChI is InChI=1S/C9H9N3O2/c10-8-2-1-3-12(9(8)13)5-7-4-11-14-6-7/h1-4,6H,5,10H2. The summed E-state index contributed by atoms with van der Waals surface area (Å²) in [4.78, 5) is 11.5. The molecule has 0 aromatic carbocycles. The lowest BCUT2D eigenvalue weighted by molar-refractivity contribution is 0.418. The number of hydrogen-bond donors (Lipinski definition) is 1. The molecule has 14 heavy (non-hydrogen) atoms. The molecule has 2 heterocycles. The number of aromatic nitrogens is 2. The first kappa shape index (κ1) is 8.55. The zero-order chi connectivity index (χ0) is 9.97. The quantitative estimate of drug-likeness (QED) is 0.748. The highest BCUT2D eigenvalue weighted by molar-refractivity contribution is 5.33. The second kappa shape index (κ2) is 3.37. The first-order chi connectivity index (χ1) is 6.77. The van der Waals surface area contributed by atoms with Crippen LogP contribution in [0.1, 0.15) is 5.56 Å². The fourth-order valence-corrected chi connectivity index (χ4v) is 1.18. The number of anilines is 1. The monoisotopic (exact) mass is 191 g/mol. The molecule has 0 spiro atoms. The normalized spacial score (nSPS) is 10.3. The molecular weight excluding hydrogens is 182 g/mol. The van der Waals surface area contributed by atoms with Crippen molar-refractivity contribution in [1.82, 2.24) is 9.72 Å². The zero-order valence-electron chi connectivity index (χ0n) is 7.38. The van der Waals surface area contributed by atoms with E-state index < -0.39 is 0 Å². The van der Waals surface area contributed by atoms with Crippen LogP contribution in [0.4, 0.5) is 5.69 Å². The maximum Gasteiger partial charge on any atom is 0.273 e. The molecule has 0 saturated heterocycles. The van der Waals surface area contributed by atoms with Crippen molar-refractivity contribution in [2.45, 2.75) is 6.54 Å². The van der Waals surface area contributed by atoms with Crippen LogP contribution in [0.2, 0.25) is 0 Å². The first-order valence-corrected chi connectivity index (χ1v) is 4.10. The van der Waals surface area contributed by atoms with Crippen molar-refractivity contribution in [1.29, 1.82) is 0 Å². The summed E-state index contributed by atoms with van der Waals surface area (Å²) in [7, 11) is 0. The Labute approximate surface area is 79.7 Å². The number of nitrogens with two attached hydrogens (primary N) is 1. The predicted octanol–water partition coefficient (Wildman–Crippen LogP) is 0.467. The van der Waals surface area contributed by atoms with Gasteiger partial charge in [-0.2, -0.15) is 0 Å². The second-order valence-corrected chi connectivity index (χ2v) is 2.93. The van der Waals surface area contributed by atoms with Crippen molar-refractivity contribution >= 4 is 5.69 Å². The molecule has 2 rings (SSSR count). The molecule has 0 fully saturated rings. The molecule has 0 atom stereocenters. The molecule has 2 N–H and O–H groups in total. The van der Waals surface area contributed by atoms with E-state index in [2.05, 4.69) is 9.68 Å². The summed E-state index contributed by atoms with van der Waals surface area (Å²) in [5.41, 5.74) is 6.35. The molecule has 0 amide bonds. The Morgan fingerprint density at radius 3 is 3.14 bits per heavy atom. The first-order valence-electron chi connectivity index (χ1n) is 4.10. The minimum absolute atomic E-state index is 0.200. The van der Waals surface area contributed by atoms with Gasteiger partial charge in [-0.15, -0.1) is 0 Å². The Balaban J connectivity index is 2.34. The molecule has 2 aromatic heterocycles. The second-order valence-electron chi connectivity index (χ2n) is 2.93. The molecule has 0 aliphatic carbocycles. The van der Waals surface area contributed by atoms with E-state index in [1.807, 2.05) is 0 Å². The molecule has 5 heteroatoms. The van der Waals surface area contributed by atoms with E-state index >= 15 is 0 Å². The van der Waals surface area contributed by atoms with Crippen molar-refractivity contribution in [3.05, 3.63) is 46.7 Å². The van der Waals surface area contributed by atoms with Gasteiger partial charge in [-0.1, -0.05) is 5.16 Å². The van der Waals surface area contributed by atoms with E-state index in [0.717, 1.165) is 5.56 Å². The minimum Gasteiger partial charge on any atom is -0.394 e. The summed E-state index contributed by atoms with van der Waals surface area (Å²) in [6.45, 7) is 0.424. The van der Waals surface area contributed by atoms with Gasteiger partial charge in [0.15, 0.2) is 0 Å². The van der Waals surface area contributed by atoms with Gasteiger partial charge >= 0.3 is 0 Å². The maximum atomic E-state index is 11.5. The molecule has 5 nitrogen and oxygen atoms in total. The molecule has 2 aromatic rings. The van der Waals surface area contributed by atoms with Gasteiger partial charge < -0.3 is 14.8 Å². The lowest BCUT2D eigenvalue weighted by Gasteiger charge is -2.02. The van der Waals surface area contributed by atoms with E-state index in [4.69, 9.17) is 5.73 Å². The highest BCUT2D eigenvalue weighted by Crippen LogP contribution is 2.00. The van der Waals surface area contributed by atoms with E-state index in [9.17, 15) is 4.79 Å². The highest BCUT2D eigenvalue weighted by atomic mass is 16.5. The van der Waals surface area contributed by atoms with Crippen LogP contribution in [-0.4, -0.2) is 9.72 Å². The Morgan fingerprint density at radius 1 is 1.57 bits per heavy atom. The van der Waals surface area contributed by atoms with E-state index in [-0.39, 0.29) is 11.2 Å².